The number of imidazole rings is 1. The van der Waals surface area contributed by atoms with E-state index in [1.807, 2.05) is 24.3 Å². The quantitative estimate of drug-likeness (QED) is 0.694. The molecule has 3 aromatic rings. The number of nitrogen functional groups attached to an aromatic ring is 1. The van der Waals surface area contributed by atoms with Crippen LogP contribution in [0.15, 0.2) is 35.6 Å². The van der Waals surface area contributed by atoms with E-state index in [2.05, 4.69) is 31.6 Å². The normalized spacial score (nSPS) is 10.7. The van der Waals surface area contributed by atoms with Crippen molar-refractivity contribution in [1.29, 1.82) is 0 Å². The Morgan fingerprint density at radius 1 is 1.19 bits per heavy atom. The first-order valence-corrected chi connectivity index (χ1v) is 6.36. The van der Waals surface area contributed by atoms with E-state index >= 15 is 0 Å². The number of aliphatic imine (C=N–C) groups is 1. The highest BCUT2D eigenvalue weighted by Gasteiger charge is 2.09. The fourth-order valence-corrected chi connectivity index (χ4v) is 1.95. The van der Waals surface area contributed by atoms with Crippen molar-refractivity contribution in [3.05, 3.63) is 41.7 Å². The average Bonchev–Trinajstić information content (AvgIpc) is 2.94. The Morgan fingerprint density at radius 2 is 1.95 bits per heavy atom. The van der Waals surface area contributed by atoms with Gasteiger partial charge in [-0.2, -0.15) is 9.97 Å². The molecule has 21 heavy (non-hydrogen) atoms. The third-order valence-electron chi connectivity index (χ3n) is 2.96. The van der Waals surface area contributed by atoms with Gasteiger partial charge in [0.25, 0.3) is 0 Å². The number of aromatic amines is 1. The molecular weight excluding hydrogens is 268 g/mol. The summed E-state index contributed by atoms with van der Waals surface area (Å²) in [4.78, 5) is 18.9. The zero-order chi connectivity index (χ0) is 14.7. The fourth-order valence-electron chi connectivity index (χ4n) is 1.95. The number of rotatable bonds is 5. The van der Waals surface area contributed by atoms with E-state index in [-0.39, 0.29) is 5.95 Å². The van der Waals surface area contributed by atoms with E-state index in [9.17, 15) is 0 Å². The van der Waals surface area contributed by atoms with Gasteiger partial charge in [-0.25, -0.2) is 4.98 Å². The van der Waals surface area contributed by atoms with Crippen molar-refractivity contribution < 1.29 is 4.74 Å². The average molecular weight is 282 g/mol. The molecule has 0 fully saturated rings. The van der Waals surface area contributed by atoms with Crippen molar-refractivity contribution in [2.75, 3.05) is 5.73 Å². The molecule has 3 rings (SSSR count). The Morgan fingerprint density at radius 3 is 2.71 bits per heavy atom. The molecule has 7 heteroatoms. The number of nitrogens with zero attached hydrogens (tertiary/aromatic N) is 4. The molecule has 7 nitrogen and oxygen atoms in total. The van der Waals surface area contributed by atoms with Crippen LogP contribution in [0.3, 0.4) is 0 Å². The summed E-state index contributed by atoms with van der Waals surface area (Å²) in [5, 5.41) is 0. The highest BCUT2D eigenvalue weighted by atomic mass is 16.5. The summed E-state index contributed by atoms with van der Waals surface area (Å²) >= 11 is 0. The Labute approximate surface area is 120 Å². The first-order chi connectivity index (χ1) is 10.3. The number of nitrogens with two attached hydrogens (primary N) is 1. The van der Waals surface area contributed by atoms with Crippen LogP contribution in [0.2, 0.25) is 0 Å². The zero-order valence-corrected chi connectivity index (χ0v) is 11.3. The number of nitrogens with one attached hydrogen (secondary N) is 1. The summed E-state index contributed by atoms with van der Waals surface area (Å²) in [6, 6.07) is 7.95. The lowest BCUT2D eigenvalue weighted by Crippen LogP contribution is -2.02. The van der Waals surface area contributed by atoms with Crippen molar-refractivity contribution in [3.63, 3.8) is 0 Å². The topological polar surface area (TPSA) is 102 Å². The van der Waals surface area contributed by atoms with Crippen LogP contribution in [0.5, 0.6) is 5.88 Å². The first-order valence-electron chi connectivity index (χ1n) is 6.36. The molecule has 106 valence electrons. The highest BCUT2D eigenvalue weighted by Crippen LogP contribution is 2.20. The SMILES string of the molecule is C=NCc1ccc(COc2nc(N)nc3nc[nH]c23)cc1. The third kappa shape index (κ3) is 2.81. The molecule has 1 aromatic carbocycles. The van der Waals surface area contributed by atoms with Crippen molar-refractivity contribution in [1.82, 2.24) is 19.9 Å². The molecule has 0 aliphatic heterocycles. The van der Waals surface area contributed by atoms with Crippen LogP contribution in [0.1, 0.15) is 11.1 Å². The van der Waals surface area contributed by atoms with Gasteiger partial charge in [-0.1, -0.05) is 24.3 Å². The molecule has 0 atom stereocenters. The summed E-state index contributed by atoms with van der Waals surface area (Å²) in [5.41, 5.74) is 8.89. The number of ether oxygens (including phenoxy) is 1. The Balaban J connectivity index is 1.76. The third-order valence-corrected chi connectivity index (χ3v) is 2.96. The van der Waals surface area contributed by atoms with Gasteiger partial charge < -0.3 is 15.5 Å². The molecule has 0 bridgehead atoms. The van der Waals surface area contributed by atoms with E-state index < -0.39 is 0 Å². The van der Waals surface area contributed by atoms with Crippen LogP contribution in [0.4, 0.5) is 5.95 Å². The smallest absolute Gasteiger partial charge is 0.245 e. The molecule has 2 heterocycles. The molecule has 0 saturated carbocycles. The first kappa shape index (κ1) is 13.0. The van der Waals surface area contributed by atoms with Crippen molar-refractivity contribution in [2.45, 2.75) is 13.2 Å². The van der Waals surface area contributed by atoms with Gasteiger partial charge in [-0.15, -0.1) is 0 Å². The van der Waals surface area contributed by atoms with E-state index in [0.29, 0.717) is 30.2 Å². The minimum atomic E-state index is 0.136. The Bertz CT molecular complexity index is 765. The summed E-state index contributed by atoms with van der Waals surface area (Å²) in [7, 11) is 0. The summed E-state index contributed by atoms with van der Waals surface area (Å²) in [5.74, 6) is 0.531. The molecule has 0 aliphatic rings. The second-order valence-electron chi connectivity index (χ2n) is 4.47. The standard InChI is InChI=1S/C14H14N6O/c1-16-6-9-2-4-10(5-3-9)7-21-13-11-12(18-8-17-11)19-14(15)20-13/h2-5,8H,1,6-7H2,(H3,15,17,18,19,20). The van der Waals surface area contributed by atoms with Gasteiger partial charge in [-0.05, 0) is 17.8 Å². The monoisotopic (exact) mass is 282 g/mol. The van der Waals surface area contributed by atoms with Crippen LogP contribution in [0.25, 0.3) is 11.2 Å². The summed E-state index contributed by atoms with van der Waals surface area (Å²) < 4.78 is 5.71. The molecule has 0 saturated heterocycles. The second kappa shape index (κ2) is 5.58. The van der Waals surface area contributed by atoms with Crippen LogP contribution in [-0.2, 0) is 13.2 Å². The van der Waals surface area contributed by atoms with Gasteiger partial charge in [0.15, 0.2) is 5.65 Å². The Hall–Kier alpha value is -2.96. The van der Waals surface area contributed by atoms with Crippen LogP contribution < -0.4 is 10.5 Å². The number of H-pyrrole nitrogens is 1. The zero-order valence-electron chi connectivity index (χ0n) is 11.3. The maximum atomic E-state index is 5.71. The molecule has 0 unspecified atom stereocenters. The molecular formula is C14H14N6O. The number of fused-ring (bicyclic) bond motifs is 1. The van der Waals surface area contributed by atoms with E-state index in [1.54, 1.807) is 0 Å². The maximum Gasteiger partial charge on any atom is 0.245 e. The summed E-state index contributed by atoms with van der Waals surface area (Å²) in [6.07, 6.45) is 1.53. The van der Waals surface area contributed by atoms with Gasteiger partial charge >= 0.3 is 0 Å². The number of anilines is 1. The molecule has 0 aliphatic carbocycles. The minimum absolute atomic E-state index is 0.136. The molecule has 2 aromatic heterocycles. The Kier molecular flexibility index (Phi) is 3.46. The van der Waals surface area contributed by atoms with Gasteiger partial charge in [0, 0.05) is 0 Å². The van der Waals surface area contributed by atoms with Gasteiger partial charge in [0.05, 0.1) is 12.9 Å². The lowest BCUT2D eigenvalue weighted by Gasteiger charge is -2.07. The second-order valence-corrected chi connectivity index (χ2v) is 4.47. The fraction of sp³-hybridized carbons (Fsp3) is 0.143. The lowest BCUT2D eigenvalue weighted by atomic mass is 10.1. The van der Waals surface area contributed by atoms with E-state index in [0.717, 1.165) is 11.1 Å². The van der Waals surface area contributed by atoms with Gasteiger partial charge in [-0.3, -0.25) is 4.99 Å². The van der Waals surface area contributed by atoms with Crippen LogP contribution >= 0.6 is 0 Å². The number of benzene rings is 1. The molecule has 0 spiro atoms. The number of hydrogen-bond donors (Lipinski definition) is 2. The predicted molar refractivity (Wildman–Crippen MR) is 80.1 cm³/mol. The minimum Gasteiger partial charge on any atom is -0.471 e. The van der Waals surface area contributed by atoms with Crippen molar-refractivity contribution in [2.24, 2.45) is 4.99 Å². The molecule has 0 radical (unpaired) electrons. The predicted octanol–water partition coefficient (Wildman–Crippen LogP) is 1.71. The molecule has 0 amide bonds. The number of aromatic nitrogens is 4. The molecule has 3 N–H and O–H groups in total. The summed E-state index contributed by atoms with van der Waals surface area (Å²) in [6.45, 7) is 4.47. The van der Waals surface area contributed by atoms with E-state index in [1.165, 1.54) is 6.33 Å². The highest BCUT2D eigenvalue weighted by molar-refractivity contribution is 5.76. The lowest BCUT2D eigenvalue weighted by molar-refractivity contribution is 0.297. The van der Waals surface area contributed by atoms with Gasteiger partial charge in [0.2, 0.25) is 11.8 Å². The number of hydrogen-bond acceptors (Lipinski definition) is 6. The van der Waals surface area contributed by atoms with Crippen molar-refractivity contribution >= 4 is 23.8 Å². The largest absolute Gasteiger partial charge is 0.471 e. The van der Waals surface area contributed by atoms with Gasteiger partial charge in [0.1, 0.15) is 12.1 Å². The van der Waals surface area contributed by atoms with Crippen LogP contribution in [-0.4, -0.2) is 26.7 Å². The maximum absolute atomic E-state index is 5.71. The van der Waals surface area contributed by atoms with Crippen molar-refractivity contribution in [3.8, 4) is 5.88 Å². The van der Waals surface area contributed by atoms with Crippen LogP contribution in [0, 0.1) is 0 Å². The van der Waals surface area contributed by atoms with E-state index in [4.69, 9.17) is 10.5 Å².